The van der Waals surface area contributed by atoms with Gasteiger partial charge in [0.15, 0.2) is 0 Å². The van der Waals surface area contributed by atoms with Crippen molar-refractivity contribution in [3.8, 4) is 0 Å². The Kier molecular flexibility index (Phi) is 4.08. The van der Waals surface area contributed by atoms with E-state index in [1.54, 1.807) is 4.90 Å². The van der Waals surface area contributed by atoms with Gasteiger partial charge in [0.25, 0.3) is 0 Å². The van der Waals surface area contributed by atoms with E-state index < -0.39 is 17.4 Å². The normalized spacial score (nSPS) is 26.1. The molecule has 2 amide bonds. The third-order valence-corrected chi connectivity index (χ3v) is 4.82. The largest absolute Gasteiger partial charge is 0.392 e. The van der Waals surface area contributed by atoms with Gasteiger partial charge in [-0.05, 0) is 32.1 Å². The Morgan fingerprint density at radius 2 is 1.74 bits per heavy atom. The maximum absolute atomic E-state index is 12.8. The molecule has 1 heterocycles. The lowest BCUT2D eigenvalue weighted by Gasteiger charge is -2.39. The van der Waals surface area contributed by atoms with Crippen LogP contribution < -0.4 is 11.5 Å². The van der Waals surface area contributed by atoms with E-state index in [4.69, 9.17) is 23.7 Å². The molecule has 1 atom stereocenters. The topological polar surface area (TPSA) is 89.4 Å². The molecular weight excluding hydrogens is 262 g/mol. The number of piperidine rings is 1. The standard InChI is InChI=1S/C13H21N3O2S/c14-10(17)9-5-1-4-8-16(9)12(18)13(11(15)19)6-2-3-7-13/h9H,1-8H2,(H2,14,17)(H2,15,19). The van der Waals surface area contributed by atoms with Gasteiger partial charge in [-0.15, -0.1) is 0 Å². The number of amides is 2. The summed E-state index contributed by atoms with van der Waals surface area (Å²) in [5.74, 6) is -0.509. The first-order valence-corrected chi connectivity index (χ1v) is 7.30. The van der Waals surface area contributed by atoms with Crippen molar-refractivity contribution in [3.05, 3.63) is 0 Å². The molecule has 4 N–H and O–H groups in total. The van der Waals surface area contributed by atoms with Crippen molar-refractivity contribution >= 4 is 29.0 Å². The predicted molar refractivity (Wildman–Crippen MR) is 76.2 cm³/mol. The Morgan fingerprint density at radius 1 is 1.11 bits per heavy atom. The Hall–Kier alpha value is -1.17. The van der Waals surface area contributed by atoms with Gasteiger partial charge >= 0.3 is 0 Å². The van der Waals surface area contributed by atoms with Crippen LogP contribution in [-0.2, 0) is 9.59 Å². The lowest BCUT2D eigenvalue weighted by Crippen LogP contribution is -2.57. The van der Waals surface area contributed by atoms with Crippen LogP contribution in [0, 0.1) is 5.41 Å². The maximum Gasteiger partial charge on any atom is 0.240 e. The Bertz CT molecular complexity index is 405. The predicted octanol–water partition coefficient (Wildman–Crippen LogP) is 0.699. The molecule has 106 valence electrons. The third kappa shape index (κ3) is 2.45. The minimum Gasteiger partial charge on any atom is -0.392 e. The van der Waals surface area contributed by atoms with E-state index in [0.717, 1.165) is 25.7 Å². The van der Waals surface area contributed by atoms with E-state index in [1.165, 1.54) is 0 Å². The number of thiocarbonyl (C=S) groups is 1. The number of hydrogen-bond donors (Lipinski definition) is 2. The molecule has 0 spiro atoms. The van der Waals surface area contributed by atoms with Gasteiger partial charge in [-0.1, -0.05) is 25.1 Å². The highest BCUT2D eigenvalue weighted by atomic mass is 32.1. The Morgan fingerprint density at radius 3 is 2.26 bits per heavy atom. The van der Waals surface area contributed by atoms with Crippen LogP contribution in [-0.4, -0.2) is 34.3 Å². The fourth-order valence-corrected chi connectivity index (χ4v) is 3.58. The van der Waals surface area contributed by atoms with Crippen molar-refractivity contribution in [2.45, 2.75) is 51.0 Å². The summed E-state index contributed by atoms with van der Waals surface area (Å²) in [6.07, 6.45) is 5.79. The van der Waals surface area contributed by atoms with E-state index in [0.29, 0.717) is 25.8 Å². The molecule has 6 heteroatoms. The van der Waals surface area contributed by atoms with Crippen LogP contribution in [0.4, 0.5) is 0 Å². The van der Waals surface area contributed by atoms with Crippen LogP contribution in [0.5, 0.6) is 0 Å². The van der Waals surface area contributed by atoms with Crippen LogP contribution in [0.15, 0.2) is 0 Å². The SMILES string of the molecule is NC(=O)C1CCCCN1C(=O)C1(C(N)=S)CCCC1. The van der Waals surface area contributed by atoms with Crippen molar-refractivity contribution < 1.29 is 9.59 Å². The molecule has 1 aliphatic carbocycles. The second-order valence-electron chi connectivity index (χ2n) is 5.57. The van der Waals surface area contributed by atoms with E-state index in [1.807, 2.05) is 0 Å². The Balaban J connectivity index is 2.25. The summed E-state index contributed by atoms with van der Waals surface area (Å²) in [4.78, 5) is 26.2. The molecule has 0 aromatic heterocycles. The first-order valence-electron chi connectivity index (χ1n) is 6.89. The second kappa shape index (κ2) is 5.45. The summed E-state index contributed by atoms with van der Waals surface area (Å²) in [6, 6.07) is -0.493. The van der Waals surface area contributed by atoms with E-state index in [2.05, 4.69) is 0 Å². The van der Waals surface area contributed by atoms with E-state index >= 15 is 0 Å². The molecule has 1 saturated heterocycles. The number of carbonyl (C=O) groups excluding carboxylic acids is 2. The average molecular weight is 283 g/mol. The molecule has 5 nitrogen and oxygen atoms in total. The molecule has 2 rings (SSSR count). The molecule has 0 aromatic rings. The summed E-state index contributed by atoms with van der Waals surface area (Å²) < 4.78 is 0. The van der Waals surface area contributed by atoms with Crippen molar-refractivity contribution in [1.82, 2.24) is 4.90 Å². The first-order chi connectivity index (χ1) is 8.99. The monoisotopic (exact) mass is 283 g/mol. The summed E-state index contributed by atoms with van der Waals surface area (Å²) in [6.45, 7) is 0.580. The number of nitrogens with two attached hydrogens (primary N) is 2. The van der Waals surface area contributed by atoms with E-state index in [-0.39, 0.29) is 10.9 Å². The minimum atomic E-state index is -0.736. The van der Waals surface area contributed by atoms with Crippen LogP contribution in [0.1, 0.15) is 44.9 Å². The summed E-state index contributed by atoms with van der Waals surface area (Å²) in [5.41, 5.74) is 10.5. The quantitative estimate of drug-likeness (QED) is 0.746. The van der Waals surface area contributed by atoms with Gasteiger partial charge in [0.05, 0.1) is 10.4 Å². The molecule has 19 heavy (non-hydrogen) atoms. The highest BCUT2D eigenvalue weighted by Gasteiger charge is 2.48. The zero-order valence-electron chi connectivity index (χ0n) is 11.1. The summed E-state index contributed by atoms with van der Waals surface area (Å²) in [7, 11) is 0. The number of hydrogen-bond acceptors (Lipinski definition) is 3. The number of likely N-dealkylation sites (tertiary alicyclic amines) is 1. The zero-order chi connectivity index (χ0) is 14.0. The molecule has 1 aliphatic heterocycles. The molecular formula is C13H21N3O2S. The number of rotatable bonds is 3. The number of primary amides is 1. The fraction of sp³-hybridized carbons (Fsp3) is 0.769. The van der Waals surface area contributed by atoms with Gasteiger partial charge in [0, 0.05) is 6.54 Å². The van der Waals surface area contributed by atoms with Crippen LogP contribution in [0.25, 0.3) is 0 Å². The molecule has 0 aromatic carbocycles. The number of nitrogens with zero attached hydrogens (tertiary/aromatic N) is 1. The third-order valence-electron chi connectivity index (χ3n) is 4.43. The van der Waals surface area contributed by atoms with Gasteiger partial charge in [-0.3, -0.25) is 9.59 Å². The van der Waals surface area contributed by atoms with Crippen LogP contribution >= 0.6 is 12.2 Å². The lowest BCUT2D eigenvalue weighted by molar-refractivity contribution is -0.146. The minimum absolute atomic E-state index is 0.0824. The van der Waals surface area contributed by atoms with Crippen molar-refractivity contribution in [1.29, 1.82) is 0 Å². The smallest absolute Gasteiger partial charge is 0.240 e. The highest BCUT2D eigenvalue weighted by Crippen LogP contribution is 2.41. The van der Waals surface area contributed by atoms with Gasteiger partial charge in [-0.2, -0.15) is 0 Å². The highest BCUT2D eigenvalue weighted by molar-refractivity contribution is 7.80. The zero-order valence-corrected chi connectivity index (χ0v) is 11.9. The van der Waals surface area contributed by atoms with E-state index in [9.17, 15) is 9.59 Å². The molecule has 0 radical (unpaired) electrons. The Labute approximate surface area is 118 Å². The molecule has 2 fully saturated rings. The van der Waals surface area contributed by atoms with Crippen LogP contribution in [0.2, 0.25) is 0 Å². The van der Waals surface area contributed by atoms with Crippen molar-refractivity contribution in [2.24, 2.45) is 16.9 Å². The summed E-state index contributed by atoms with van der Waals surface area (Å²) in [5, 5.41) is 0. The number of carbonyl (C=O) groups is 2. The molecule has 2 aliphatic rings. The van der Waals surface area contributed by atoms with Gasteiger partial charge in [0.1, 0.15) is 6.04 Å². The second-order valence-corrected chi connectivity index (χ2v) is 6.01. The molecule has 0 bridgehead atoms. The molecule has 1 unspecified atom stereocenters. The summed E-state index contributed by atoms with van der Waals surface area (Å²) >= 11 is 5.13. The van der Waals surface area contributed by atoms with Crippen LogP contribution in [0.3, 0.4) is 0 Å². The fourth-order valence-electron chi connectivity index (χ4n) is 3.29. The average Bonchev–Trinajstić information content (AvgIpc) is 2.88. The van der Waals surface area contributed by atoms with Gasteiger partial charge in [0.2, 0.25) is 11.8 Å². The first kappa shape index (κ1) is 14.2. The maximum atomic E-state index is 12.8. The van der Waals surface area contributed by atoms with Gasteiger partial charge < -0.3 is 16.4 Å². The van der Waals surface area contributed by atoms with Gasteiger partial charge in [-0.25, -0.2) is 0 Å². The van der Waals surface area contributed by atoms with Crippen molar-refractivity contribution in [3.63, 3.8) is 0 Å². The molecule has 1 saturated carbocycles. The van der Waals surface area contributed by atoms with Crippen molar-refractivity contribution in [2.75, 3.05) is 6.54 Å². The lowest BCUT2D eigenvalue weighted by atomic mass is 9.83.